The Balaban J connectivity index is 1.55. The summed E-state index contributed by atoms with van der Waals surface area (Å²) in [7, 11) is -23.3. The van der Waals surface area contributed by atoms with Crippen molar-refractivity contribution in [2.24, 2.45) is 0 Å². The maximum atomic E-state index is 14.0. The van der Waals surface area contributed by atoms with E-state index in [4.69, 9.17) is 50.0 Å². The van der Waals surface area contributed by atoms with E-state index in [0.29, 0.717) is 37.4 Å². The van der Waals surface area contributed by atoms with Crippen LogP contribution in [0.25, 0.3) is 0 Å². The molecule has 0 spiro atoms. The fraction of sp³-hybridized carbons (Fsp3) is 0.875. The van der Waals surface area contributed by atoms with Crippen LogP contribution in [-0.4, -0.2) is 120 Å². The topological polar surface area (TPSA) is 177 Å². The Bertz CT molecular complexity index is 1420. The molecule has 3 saturated heterocycles. The average molecular weight is 941 g/mol. The molecule has 1 aromatic rings. The van der Waals surface area contributed by atoms with Crippen LogP contribution in [0.1, 0.15) is 19.3 Å². The van der Waals surface area contributed by atoms with Crippen LogP contribution < -0.4 is 17.1 Å². The molecule has 7 unspecified atom stereocenters. The smallest absolute Gasteiger partial charge is 0.336 e. The quantitative estimate of drug-likeness (QED) is 0.247. The summed E-state index contributed by atoms with van der Waals surface area (Å²) in [6, 6.07) is 1.59. The maximum absolute atomic E-state index is 14.0. The van der Waals surface area contributed by atoms with Crippen molar-refractivity contribution >= 4 is 100.0 Å². The summed E-state index contributed by atoms with van der Waals surface area (Å²) in [5.41, 5.74) is -1.91. The predicted molar refractivity (Wildman–Crippen MR) is 224 cm³/mol. The molecule has 1 aromatic heterocycles. The molecule has 29 heteroatoms. The molecule has 0 amide bonds. The van der Waals surface area contributed by atoms with E-state index in [2.05, 4.69) is 0 Å². The van der Waals surface area contributed by atoms with Crippen molar-refractivity contribution in [3.05, 3.63) is 31.5 Å². The van der Waals surface area contributed by atoms with Crippen LogP contribution in [0.3, 0.4) is 0 Å². The first-order chi connectivity index (χ1) is 24.8. The van der Waals surface area contributed by atoms with Crippen molar-refractivity contribution in [2.45, 2.75) is 129 Å². The summed E-state index contributed by atoms with van der Waals surface area (Å²) < 4.78 is 77.6. The SMILES string of the molecule is C[SiH]1OCO[Si](C)(CCCn2c(=O)n(CCC[Si]3(C)O[SiH](C)O[SiH](C)O[SiH](C)O3)c(=O)n(CCC[Si]3(C)O[SiH](C)O[SiH](C)O[SiH](C)O3)c2=O)O[SiH](C)O1. The Morgan fingerprint density at radius 2 is 0.736 bits per heavy atom. The molecule has 0 saturated carbocycles. The minimum absolute atomic E-state index is 0.0966. The van der Waals surface area contributed by atoms with Crippen molar-refractivity contribution in [1.29, 1.82) is 0 Å². The van der Waals surface area contributed by atoms with Crippen LogP contribution in [0.15, 0.2) is 14.4 Å². The molecule has 3 aliphatic rings. The van der Waals surface area contributed by atoms with Gasteiger partial charge in [-0.15, -0.1) is 0 Å². The Hall–Kier alpha value is 0.316. The molecule has 18 nitrogen and oxygen atoms in total. The lowest BCUT2D eigenvalue weighted by Gasteiger charge is -2.37. The zero-order valence-electron chi connectivity index (χ0n) is 33.2. The van der Waals surface area contributed by atoms with Crippen LogP contribution in [0.4, 0.5) is 0 Å². The van der Waals surface area contributed by atoms with Gasteiger partial charge in [-0.3, -0.25) is 0 Å². The van der Waals surface area contributed by atoms with Gasteiger partial charge in [0, 0.05) is 19.6 Å². The summed E-state index contributed by atoms with van der Waals surface area (Å²) in [5, 5.41) is 0. The van der Waals surface area contributed by atoms with E-state index in [9.17, 15) is 14.4 Å². The first-order valence-electron chi connectivity index (χ1n) is 18.7. The van der Waals surface area contributed by atoms with Gasteiger partial charge in [0.2, 0.25) is 0 Å². The molecule has 0 aromatic carbocycles. The molecule has 0 radical (unpaired) electrons. The van der Waals surface area contributed by atoms with Crippen LogP contribution in [0.5, 0.6) is 0 Å². The molecule has 0 N–H and O–H groups in total. The van der Waals surface area contributed by atoms with Gasteiger partial charge in [0.15, 0.2) is 0 Å². The number of nitrogens with zero attached hydrogens (tertiary/aromatic N) is 3. The van der Waals surface area contributed by atoms with E-state index in [1.807, 2.05) is 72.0 Å². The highest BCUT2D eigenvalue weighted by Crippen LogP contribution is 2.24. The van der Waals surface area contributed by atoms with E-state index in [-0.39, 0.29) is 26.4 Å². The summed E-state index contributed by atoms with van der Waals surface area (Å²) in [4.78, 5) is 41.9. The first kappa shape index (κ1) is 46.0. The highest BCUT2D eigenvalue weighted by molar-refractivity contribution is 6.82. The van der Waals surface area contributed by atoms with Crippen LogP contribution in [0, 0.1) is 0 Å². The van der Waals surface area contributed by atoms with Crippen LogP contribution in [0.2, 0.25) is 90.1 Å². The molecular formula is C24H61N3O15Si11. The zero-order valence-corrected chi connectivity index (χ0v) is 45.4. The molecule has 4 heterocycles. The van der Waals surface area contributed by atoms with Crippen molar-refractivity contribution in [3.8, 4) is 0 Å². The number of hydrogen-bond donors (Lipinski definition) is 0. The fourth-order valence-electron chi connectivity index (χ4n) is 6.99. The molecule has 0 bridgehead atoms. The Morgan fingerprint density at radius 1 is 0.453 bits per heavy atom. The van der Waals surface area contributed by atoms with Crippen LogP contribution >= 0.6 is 0 Å². The van der Waals surface area contributed by atoms with Gasteiger partial charge >= 0.3 is 52.0 Å². The maximum Gasteiger partial charge on any atom is 0.336 e. The van der Waals surface area contributed by atoms with Crippen molar-refractivity contribution in [3.63, 3.8) is 0 Å². The van der Waals surface area contributed by atoms with Crippen molar-refractivity contribution < 1.29 is 50.0 Å². The number of rotatable bonds is 12. The van der Waals surface area contributed by atoms with Gasteiger partial charge in [0.25, 0.3) is 65.0 Å². The molecular weight excluding hydrogens is 879 g/mol. The van der Waals surface area contributed by atoms with E-state index < -0.39 is 117 Å². The summed E-state index contributed by atoms with van der Waals surface area (Å²) >= 11 is 0. The Labute approximate surface area is 329 Å². The first-order valence-corrected chi connectivity index (χ1v) is 43.0. The van der Waals surface area contributed by atoms with Gasteiger partial charge < -0.3 is 50.0 Å². The van der Waals surface area contributed by atoms with Gasteiger partial charge in [0.05, 0.1) is 0 Å². The minimum atomic E-state index is -2.71. The number of hydrogen-bond acceptors (Lipinski definition) is 15. The molecule has 3 fully saturated rings. The normalized spacial score (nSPS) is 37.9. The largest absolute Gasteiger partial charge is 0.420 e. The third-order valence-corrected chi connectivity index (χ3v) is 46.1. The highest BCUT2D eigenvalue weighted by atomic mass is 28.5. The van der Waals surface area contributed by atoms with Crippen molar-refractivity contribution in [2.75, 3.05) is 6.79 Å². The zero-order chi connectivity index (χ0) is 39.1. The summed E-state index contributed by atoms with van der Waals surface area (Å²) in [6.07, 6.45) is 1.33. The van der Waals surface area contributed by atoms with Gasteiger partial charge in [-0.2, -0.15) is 0 Å². The second kappa shape index (κ2) is 20.3. The van der Waals surface area contributed by atoms with Gasteiger partial charge in [0.1, 0.15) is 6.79 Å². The van der Waals surface area contributed by atoms with Crippen LogP contribution in [-0.2, 0) is 69.6 Å². The van der Waals surface area contributed by atoms with Crippen molar-refractivity contribution in [1.82, 2.24) is 13.7 Å². The second-order valence-electron chi connectivity index (χ2n) is 14.3. The second-order valence-corrected chi connectivity index (χ2v) is 42.4. The molecule has 4 rings (SSSR count). The molecule has 0 aliphatic carbocycles. The van der Waals surface area contributed by atoms with Gasteiger partial charge in [-0.1, -0.05) is 0 Å². The Kier molecular flexibility index (Phi) is 17.7. The highest BCUT2D eigenvalue weighted by Gasteiger charge is 2.41. The Morgan fingerprint density at radius 3 is 1.08 bits per heavy atom. The monoisotopic (exact) mass is 939 g/mol. The molecule has 306 valence electrons. The standard InChI is InChI=1S/C24H61N3O15Si11/c1-43-31-21-32-51(9,38-46(4)33-43)18-12-15-25-22(28)26(16-13-19-52(10)39-47(5)34-44(2)35-48(6)40-52)24(30)27(23(25)29)17-14-20-53(11)41-49(7)36-45(3)37-50(8)42-53/h43-50H,12-21H2,1-11H3. The molecule has 7 atom stereocenters. The van der Waals surface area contributed by atoms with E-state index in [0.717, 1.165) is 0 Å². The molecule has 53 heavy (non-hydrogen) atoms. The van der Waals surface area contributed by atoms with E-state index in [1.165, 1.54) is 13.7 Å². The minimum Gasteiger partial charge on any atom is -0.420 e. The average Bonchev–Trinajstić information content (AvgIpc) is 2.99. The summed E-state index contributed by atoms with van der Waals surface area (Å²) in [6.45, 7) is 22.1. The van der Waals surface area contributed by atoms with Gasteiger partial charge in [-0.25, -0.2) is 28.1 Å². The lowest BCUT2D eigenvalue weighted by atomic mass is 10.4. The third kappa shape index (κ3) is 14.0. The lowest BCUT2D eigenvalue weighted by molar-refractivity contribution is 0.0603. The lowest BCUT2D eigenvalue weighted by Crippen LogP contribution is -2.56. The van der Waals surface area contributed by atoms with E-state index in [1.54, 1.807) is 0 Å². The summed E-state index contributed by atoms with van der Waals surface area (Å²) in [5.74, 6) is 0. The van der Waals surface area contributed by atoms with E-state index >= 15 is 0 Å². The number of aromatic nitrogens is 3. The fourth-order valence-corrected chi connectivity index (χ4v) is 44.8. The predicted octanol–water partition coefficient (Wildman–Crippen LogP) is -0.442. The van der Waals surface area contributed by atoms with Gasteiger partial charge in [-0.05, 0) is 109 Å². The molecule has 3 aliphatic heterocycles. The third-order valence-electron chi connectivity index (χ3n) is 9.08.